The molecule has 14 heteroatoms. The Hall–Kier alpha value is -4.20. The van der Waals surface area contributed by atoms with Crippen molar-refractivity contribution in [1.82, 2.24) is 18.7 Å². The van der Waals surface area contributed by atoms with E-state index < -0.39 is 63.8 Å². The summed E-state index contributed by atoms with van der Waals surface area (Å²) in [6.45, 7) is 5.12. The molecule has 0 bridgehead atoms. The van der Waals surface area contributed by atoms with Crippen LogP contribution in [-0.4, -0.2) is 51.9 Å². The van der Waals surface area contributed by atoms with Crippen LogP contribution in [0.3, 0.4) is 0 Å². The lowest BCUT2D eigenvalue weighted by molar-refractivity contribution is 0.0529. The van der Waals surface area contributed by atoms with Crippen LogP contribution < -0.4 is 16.0 Å². The van der Waals surface area contributed by atoms with Crippen molar-refractivity contribution in [3.63, 3.8) is 0 Å². The predicted molar refractivity (Wildman–Crippen MR) is 153 cm³/mol. The fourth-order valence-corrected chi connectivity index (χ4v) is 4.58. The zero-order valence-corrected chi connectivity index (χ0v) is 24.5. The summed E-state index contributed by atoms with van der Waals surface area (Å²) in [6.07, 6.45) is 0.298. The minimum atomic E-state index is -1.46. The van der Waals surface area contributed by atoms with Crippen molar-refractivity contribution in [2.45, 2.75) is 64.9 Å². The number of hydrogen-bond donors (Lipinski definition) is 2. The Kier molecular flexibility index (Phi) is 8.72. The van der Waals surface area contributed by atoms with E-state index in [0.29, 0.717) is 11.6 Å². The molecule has 0 saturated carbocycles. The quantitative estimate of drug-likeness (QED) is 0.290. The molecule has 2 N–H and O–H groups in total. The first-order valence-electron chi connectivity index (χ1n) is 13.0. The third kappa shape index (κ3) is 7.24. The van der Waals surface area contributed by atoms with Gasteiger partial charge in [0.25, 0.3) is 5.56 Å². The highest BCUT2D eigenvalue weighted by Crippen LogP contribution is 2.22. The zero-order valence-electron chi connectivity index (χ0n) is 23.7. The third-order valence-electron chi connectivity index (χ3n) is 6.25. The molecular weight excluding hydrogens is 590 g/mol. The van der Waals surface area contributed by atoms with Gasteiger partial charge in [0.15, 0.2) is 5.02 Å². The molecule has 43 heavy (non-hydrogen) atoms. The highest BCUT2D eigenvalue weighted by molar-refractivity contribution is 6.31. The molecule has 2 aromatic heterocycles. The summed E-state index contributed by atoms with van der Waals surface area (Å²) in [4.78, 5) is 56.4. The van der Waals surface area contributed by atoms with E-state index in [9.17, 15) is 38.2 Å². The van der Waals surface area contributed by atoms with Gasteiger partial charge in [-0.3, -0.25) is 19.0 Å². The Labute approximate surface area is 248 Å². The molecule has 2 heterocycles. The zero-order chi connectivity index (χ0) is 31.9. The summed E-state index contributed by atoms with van der Waals surface area (Å²) in [5.74, 6) is -3.37. The third-order valence-corrected chi connectivity index (χ3v) is 6.58. The van der Waals surface area contributed by atoms with Gasteiger partial charge in [-0.05, 0) is 57.5 Å². The monoisotopic (exact) mass is 618 g/mol. The molecule has 228 valence electrons. The van der Waals surface area contributed by atoms with Gasteiger partial charge in [0.1, 0.15) is 24.6 Å². The number of nitrogens with zero attached hydrogens (tertiary/aromatic N) is 4. The van der Waals surface area contributed by atoms with Gasteiger partial charge in [0, 0.05) is 11.6 Å². The minimum Gasteiger partial charge on any atom is -0.471 e. The maximum Gasteiger partial charge on any atom is 0.342 e. The highest BCUT2D eigenvalue weighted by Gasteiger charge is 2.28. The highest BCUT2D eigenvalue weighted by atomic mass is 35.5. The maximum absolute atomic E-state index is 13.9. The van der Waals surface area contributed by atoms with Gasteiger partial charge in [-0.1, -0.05) is 17.7 Å². The SMILES string of the molecule is CC(C)(O)CC(=O)n1c(=O)n(C(=O)CC(C)(C)O)c2cc(Cn3cnc(OCc4ccc(F)cc4F)c(Cl)c3=O)ccc21. The van der Waals surface area contributed by atoms with E-state index in [-0.39, 0.29) is 35.6 Å². The second kappa shape index (κ2) is 11.8. The molecule has 0 aliphatic heterocycles. The largest absolute Gasteiger partial charge is 0.471 e. The van der Waals surface area contributed by atoms with E-state index in [1.165, 1.54) is 52.0 Å². The molecule has 4 aromatic rings. The summed E-state index contributed by atoms with van der Waals surface area (Å²) in [6, 6.07) is 7.33. The molecule has 0 unspecified atom stereocenters. The van der Waals surface area contributed by atoms with Crippen LogP contribution in [0.5, 0.6) is 5.88 Å². The van der Waals surface area contributed by atoms with E-state index >= 15 is 0 Å². The van der Waals surface area contributed by atoms with Gasteiger partial charge in [-0.15, -0.1) is 0 Å². The molecule has 2 aromatic carbocycles. The smallest absolute Gasteiger partial charge is 0.342 e. The minimum absolute atomic E-state index is 0.0231. The van der Waals surface area contributed by atoms with Crippen LogP contribution in [-0.2, 0) is 13.2 Å². The van der Waals surface area contributed by atoms with Crippen LogP contribution >= 0.6 is 11.6 Å². The number of aromatic nitrogens is 4. The average Bonchev–Trinajstić information content (AvgIpc) is 3.16. The molecule has 0 radical (unpaired) electrons. The summed E-state index contributed by atoms with van der Waals surface area (Å²) in [5.41, 5.74) is -3.97. The molecule has 4 rings (SSSR count). The van der Waals surface area contributed by atoms with Crippen molar-refractivity contribution in [1.29, 1.82) is 0 Å². The fourth-order valence-electron chi connectivity index (χ4n) is 4.37. The number of halogens is 3. The van der Waals surface area contributed by atoms with Gasteiger partial charge >= 0.3 is 5.69 Å². The number of imidazole rings is 1. The molecular formula is C29H29ClF2N4O7. The van der Waals surface area contributed by atoms with Crippen LogP contribution in [0.4, 0.5) is 8.78 Å². The number of benzene rings is 2. The molecule has 0 saturated heterocycles. The summed E-state index contributed by atoms with van der Waals surface area (Å²) in [7, 11) is 0. The lowest BCUT2D eigenvalue weighted by atomic mass is 10.1. The van der Waals surface area contributed by atoms with Crippen LogP contribution in [0.15, 0.2) is 52.3 Å². The fraction of sp³-hybridized carbons (Fsp3) is 0.345. The van der Waals surface area contributed by atoms with Gasteiger partial charge in [-0.25, -0.2) is 27.7 Å². The first-order chi connectivity index (χ1) is 19.9. The summed E-state index contributed by atoms with van der Waals surface area (Å²) >= 11 is 6.18. The Morgan fingerprint density at radius 2 is 1.53 bits per heavy atom. The van der Waals surface area contributed by atoms with Gasteiger partial charge < -0.3 is 14.9 Å². The normalized spacial score (nSPS) is 12.1. The molecule has 0 fully saturated rings. The van der Waals surface area contributed by atoms with Crippen molar-refractivity contribution < 1.29 is 33.3 Å². The standard InChI is InChI=1S/C29H29ClF2N4O7/c1-28(2,41)11-22(37)35-20-8-5-16(9-21(20)36(27(35)40)23(38)12-29(3,4)42)13-34-15-33-25(24(30)26(34)39)43-14-17-6-7-18(31)10-19(17)32/h5-10,15,41-42H,11-14H2,1-4H3. The van der Waals surface area contributed by atoms with Gasteiger partial charge in [0.2, 0.25) is 17.7 Å². The molecule has 0 spiro atoms. The van der Waals surface area contributed by atoms with Crippen molar-refractivity contribution in [3.8, 4) is 5.88 Å². The first-order valence-corrected chi connectivity index (χ1v) is 13.4. The van der Waals surface area contributed by atoms with E-state index in [0.717, 1.165) is 26.1 Å². The number of ether oxygens (including phenoxy) is 1. The van der Waals surface area contributed by atoms with Crippen LogP contribution in [0.2, 0.25) is 5.02 Å². The van der Waals surface area contributed by atoms with Crippen LogP contribution in [0, 0.1) is 11.6 Å². The number of hydrogen-bond acceptors (Lipinski definition) is 8. The van der Waals surface area contributed by atoms with Crippen molar-refractivity contribution in [2.75, 3.05) is 0 Å². The number of rotatable bonds is 9. The Morgan fingerprint density at radius 1 is 0.930 bits per heavy atom. The van der Waals surface area contributed by atoms with Crippen molar-refractivity contribution in [3.05, 3.63) is 91.3 Å². The van der Waals surface area contributed by atoms with E-state index in [1.807, 2.05) is 0 Å². The Morgan fingerprint density at radius 3 is 2.12 bits per heavy atom. The first kappa shape index (κ1) is 31.7. The summed E-state index contributed by atoms with van der Waals surface area (Å²) < 4.78 is 35.2. The van der Waals surface area contributed by atoms with E-state index in [1.54, 1.807) is 0 Å². The Balaban J connectivity index is 1.69. The second-order valence-electron chi connectivity index (χ2n) is 11.4. The van der Waals surface area contributed by atoms with E-state index in [2.05, 4.69) is 4.98 Å². The predicted octanol–water partition coefficient (Wildman–Crippen LogP) is 3.52. The molecule has 0 aliphatic rings. The number of carbonyl (C=O) groups is 2. The number of carbonyl (C=O) groups excluding carboxylic acids is 2. The second-order valence-corrected chi connectivity index (χ2v) is 11.7. The lowest BCUT2D eigenvalue weighted by Crippen LogP contribution is -2.37. The van der Waals surface area contributed by atoms with Crippen molar-refractivity contribution >= 4 is 34.4 Å². The molecule has 11 nitrogen and oxygen atoms in total. The number of fused-ring (bicyclic) bond motifs is 1. The van der Waals surface area contributed by atoms with Gasteiger partial charge in [0.05, 0.1) is 41.6 Å². The number of aliphatic hydroxyl groups is 2. The maximum atomic E-state index is 13.9. The lowest BCUT2D eigenvalue weighted by Gasteiger charge is -2.16. The van der Waals surface area contributed by atoms with Gasteiger partial charge in [-0.2, -0.15) is 0 Å². The average molecular weight is 619 g/mol. The summed E-state index contributed by atoms with van der Waals surface area (Å²) in [5, 5.41) is 19.9. The molecule has 0 atom stereocenters. The van der Waals surface area contributed by atoms with Crippen molar-refractivity contribution in [2.24, 2.45) is 0 Å². The Bertz CT molecular complexity index is 1850. The molecule has 0 aliphatic carbocycles. The van der Waals surface area contributed by atoms with Crippen LogP contribution in [0.1, 0.15) is 61.3 Å². The molecule has 0 amide bonds. The topological polar surface area (TPSA) is 146 Å². The van der Waals surface area contributed by atoms with Crippen LogP contribution in [0.25, 0.3) is 11.0 Å². The van der Waals surface area contributed by atoms with E-state index in [4.69, 9.17) is 16.3 Å².